The van der Waals surface area contributed by atoms with Gasteiger partial charge < -0.3 is 4.90 Å². The van der Waals surface area contributed by atoms with Crippen molar-refractivity contribution >= 4 is 22.5 Å². The molecule has 25 heavy (non-hydrogen) atoms. The maximum atomic E-state index is 12.3. The van der Waals surface area contributed by atoms with Crippen LogP contribution in [0.2, 0.25) is 0 Å². The number of unbranched alkanes of at least 4 members (excludes halogenated alkanes) is 1. The van der Waals surface area contributed by atoms with E-state index in [-0.39, 0.29) is 5.91 Å². The molecule has 0 saturated heterocycles. The lowest BCUT2D eigenvalue weighted by Crippen LogP contribution is -2.28. The highest BCUT2D eigenvalue weighted by Crippen LogP contribution is 2.23. The van der Waals surface area contributed by atoms with Crippen molar-refractivity contribution in [3.05, 3.63) is 41.2 Å². The Hall–Kier alpha value is -2.43. The molecule has 0 aliphatic carbocycles. The zero-order chi connectivity index (χ0) is 18.0. The van der Waals surface area contributed by atoms with E-state index in [1.54, 1.807) is 0 Å². The first-order valence-corrected chi connectivity index (χ1v) is 9.00. The van der Waals surface area contributed by atoms with Gasteiger partial charge in [-0.2, -0.15) is 5.10 Å². The molecule has 5 nitrogen and oxygen atoms in total. The quantitative estimate of drug-likeness (QED) is 0.689. The number of hydrogen-bond acceptors (Lipinski definition) is 3. The summed E-state index contributed by atoms with van der Waals surface area (Å²) >= 11 is 0. The number of amides is 1. The monoisotopic (exact) mass is 338 g/mol. The highest BCUT2D eigenvalue weighted by atomic mass is 16.2. The molecule has 2 aromatic heterocycles. The van der Waals surface area contributed by atoms with Gasteiger partial charge in [-0.15, -0.1) is 0 Å². The summed E-state index contributed by atoms with van der Waals surface area (Å²) in [4.78, 5) is 18.9. The van der Waals surface area contributed by atoms with Crippen LogP contribution in [0.25, 0.3) is 16.6 Å². The minimum absolute atomic E-state index is 0.193. The van der Waals surface area contributed by atoms with Crippen molar-refractivity contribution in [1.29, 1.82) is 0 Å². The number of aryl methyl sites for hydroxylation is 2. The second kappa shape index (κ2) is 7.21. The largest absolute Gasteiger partial charge is 0.346 e. The third-order valence-electron chi connectivity index (χ3n) is 4.88. The van der Waals surface area contributed by atoms with Crippen molar-refractivity contribution < 1.29 is 4.79 Å². The Morgan fingerprint density at radius 1 is 1.24 bits per heavy atom. The van der Waals surface area contributed by atoms with Gasteiger partial charge in [-0.05, 0) is 44.4 Å². The van der Waals surface area contributed by atoms with Gasteiger partial charge in [0.1, 0.15) is 0 Å². The fourth-order valence-electron chi connectivity index (χ4n) is 3.28. The minimum atomic E-state index is 0.193. The number of carbonyl (C=O) groups excluding carboxylic acids is 1. The summed E-state index contributed by atoms with van der Waals surface area (Å²) < 4.78 is 1.91. The Labute approximate surface area is 148 Å². The topological polar surface area (TPSA) is 50.5 Å². The number of carbonyl (C=O) groups is 1. The predicted octanol–water partition coefficient (Wildman–Crippen LogP) is 3.69. The summed E-state index contributed by atoms with van der Waals surface area (Å²) in [6.45, 7) is 7.05. The Kier molecular flexibility index (Phi) is 5.02. The van der Waals surface area contributed by atoms with Gasteiger partial charge in [0.05, 0.1) is 5.52 Å². The van der Waals surface area contributed by atoms with Crippen LogP contribution in [0.1, 0.15) is 43.1 Å². The second-order valence-corrected chi connectivity index (χ2v) is 6.68. The zero-order valence-electron chi connectivity index (χ0n) is 15.5. The second-order valence-electron chi connectivity index (χ2n) is 6.68. The molecule has 132 valence electrons. The summed E-state index contributed by atoms with van der Waals surface area (Å²) in [5.74, 6) is 0.193. The molecule has 5 heteroatoms. The van der Waals surface area contributed by atoms with E-state index in [1.165, 1.54) is 0 Å². The minimum Gasteiger partial charge on any atom is -0.346 e. The molecule has 0 N–H and O–H groups in total. The van der Waals surface area contributed by atoms with Crippen molar-refractivity contribution in [3.8, 4) is 0 Å². The molecular formula is C20H26N4O. The van der Waals surface area contributed by atoms with E-state index in [4.69, 9.17) is 4.98 Å². The number of nitrogens with zero attached hydrogens (tertiary/aromatic N) is 4. The lowest BCUT2D eigenvalue weighted by atomic mass is 10.1. The SMILES string of the molecule is CCCCN(C)C(=O)CCc1c(C)nc2c3ccccc3nn2c1C. The van der Waals surface area contributed by atoms with Crippen LogP contribution in [0.4, 0.5) is 0 Å². The van der Waals surface area contributed by atoms with Crippen LogP contribution < -0.4 is 0 Å². The molecule has 3 aromatic rings. The van der Waals surface area contributed by atoms with E-state index in [2.05, 4.69) is 25.0 Å². The molecule has 0 atom stereocenters. The van der Waals surface area contributed by atoms with Crippen LogP contribution in [0.5, 0.6) is 0 Å². The number of hydrogen-bond donors (Lipinski definition) is 0. The zero-order valence-corrected chi connectivity index (χ0v) is 15.5. The third kappa shape index (κ3) is 3.36. The Morgan fingerprint density at radius 3 is 2.76 bits per heavy atom. The van der Waals surface area contributed by atoms with Crippen molar-refractivity contribution in [2.24, 2.45) is 0 Å². The van der Waals surface area contributed by atoms with Crippen LogP contribution in [0.3, 0.4) is 0 Å². The first kappa shape index (κ1) is 17.4. The van der Waals surface area contributed by atoms with E-state index in [0.717, 1.165) is 52.9 Å². The van der Waals surface area contributed by atoms with Gasteiger partial charge in [0, 0.05) is 36.8 Å². The molecule has 0 spiro atoms. The van der Waals surface area contributed by atoms with Crippen LogP contribution in [-0.2, 0) is 11.2 Å². The molecule has 1 aromatic carbocycles. The normalized spacial score (nSPS) is 11.4. The van der Waals surface area contributed by atoms with E-state index in [1.807, 2.05) is 41.6 Å². The number of rotatable bonds is 6. The molecule has 0 aliphatic heterocycles. The van der Waals surface area contributed by atoms with Crippen LogP contribution >= 0.6 is 0 Å². The van der Waals surface area contributed by atoms with Gasteiger partial charge in [-0.25, -0.2) is 9.50 Å². The molecule has 0 aliphatic rings. The predicted molar refractivity (Wildman–Crippen MR) is 101 cm³/mol. The number of benzene rings is 1. The standard InChI is InChI=1S/C20H26N4O/c1-5-6-13-23(4)19(25)12-11-16-14(2)21-20-17-9-7-8-10-18(17)22-24(20)15(16)3/h7-10H,5-6,11-13H2,1-4H3. The molecule has 3 rings (SSSR count). The van der Waals surface area contributed by atoms with E-state index in [0.29, 0.717) is 12.8 Å². The van der Waals surface area contributed by atoms with Crippen LogP contribution in [-0.4, -0.2) is 39.0 Å². The lowest BCUT2D eigenvalue weighted by molar-refractivity contribution is -0.129. The highest BCUT2D eigenvalue weighted by Gasteiger charge is 2.16. The van der Waals surface area contributed by atoms with Gasteiger partial charge in [0.25, 0.3) is 0 Å². The Bertz CT molecular complexity index is 913. The fourth-order valence-corrected chi connectivity index (χ4v) is 3.28. The lowest BCUT2D eigenvalue weighted by Gasteiger charge is -2.17. The molecule has 0 saturated carbocycles. The summed E-state index contributed by atoms with van der Waals surface area (Å²) in [7, 11) is 1.89. The van der Waals surface area contributed by atoms with Crippen molar-refractivity contribution in [2.75, 3.05) is 13.6 Å². The van der Waals surface area contributed by atoms with E-state index < -0.39 is 0 Å². The molecular weight excluding hydrogens is 312 g/mol. The summed E-state index contributed by atoms with van der Waals surface area (Å²) in [5, 5.41) is 5.74. The molecule has 1 amide bonds. The van der Waals surface area contributed by atoms with E-state index >= 15 is 0 Å². The summed E-state index contributed by atoms with van der Waals surface area (Å²) in [5.41, 5.74) is 5.02. The first-order valence-electron chi connectivity index (χ1n) is 9.00. The highest BCUT2D eigenvalue weighted by molar-refractivity contribution is 5.92. The molecule has 0 radical (unpaired) electrons. The van der Waals surface area contributed by atoms with Gasteiger partial charge in [0.15, 0.2) is 5.65 Å². The average Bonchev–Trinajstić information content (AvgIpc) is 2.98. The third-order valence-corrected chi connectivity index (χ3v) is 4.88. The van der Waals surface area contributed by atoms with E-state index in [9.17, 15) is 4.79 Å². The van der Waals surface area contributed by atoms with Gasteiger partial charge in [-0.3, -0.25) is 4.79 Å². The smallest absolute Gasteiger partial charge is 0.222 e. The maximum Gasteiger partial charge on any atom is 0.222 e. The molecule has 0 bridgehead atoms. The fraction of sp³-hybridized carbons (Fsp3) is 0.450. The van der Waals surface area contributed by atoms with Crippen LogP contribution in [0, 0.1) is 13.8 Å². The van der Waals surface area contributed by atoms with Crippen molar-refractivity contribution in [3.63, 3.8) is 0 Å². The Morgan fingerprint density at radius 2 is 2.00 bits per heavy atom. The van der Waals surface area contributed by atoms with Gasteiger partial charge in [0.2, 0.25) is 5.91 Å². The van der Waals surface area contributed by atoms with Crippen LogP contribution in [0.15, 0.2) is 24.3 Å². The van der Waals surface area contributed by atoms with Gasteiger partial charge >= 0.3 is 0 Å². The van der Waals surface area contributed by atoms with Crippen molar-refractivity contribution in [1.82, 2.24) is 19.5 Å². The molecule has 0 fully saturated rings. The summed E-state index contributed by atoms with van der Waals surface area (Å²) in [6.07, 6.45) is 3.36. The molecule has 2 heterocycles. The average molecular weight is 338 g/mol. The first-order chi connectivity index (χ1) is 12.0. The number of fused-ring (bicyclic) bond motifs is 3. The molecule has 0 unspecified atom stereocenters. The van der Waals surface area contributed by atoms with Gasteiger partial charge in [-0.1, -0.05) is 25.5 Å². The maximum absolute atomic E-state index is 12.3. The summed E-state index contributed by atoms with van der Waals surface area (Å²) in [6, 6.07) is 8.05. The Balaban J connectivity index is 1.87. The number of aromatic nitrogens is 3. The van der Waals surface area contributed by atoms with Crippen molar-refractivity contribution in [2.45, 2.75) is 46.5 Å².